The molecule has 5 atom stereocenters. The molecule has 0 saturated heterocycles. The standard InChI is InChI=1S/C85H166O17P2/c1-7-9-11-13-15-17-19-21-22-23-24-25-26-27-28-32-39-45-51-57-63-69-84(89)101-80(73-96-83(88)68-62-56-50-44-38-33-29-31-35-41-47-53-59-65-77(3)4)75-99-103(91,92)97-71-79(86)72-98-104(93,94)100-76-81(74-95-82(87)67-61-55-49-43-37-30-20-18-16-14-12-10-8-2)102-85(90)70-64-58-52-46-40-34-36-42-48-54-60-66-78(5)6/h77-81,86H,7-76H2,1-6H3,(H,91,92)(H,93,94)/t79-,80-,81-/m1/s1. The number of aliphatic hydroxyl groups excluding tert-OH is 1. The van der Waals surface area contributed by atoms with Crippen molar-refractivity contribution in [3.63, 3.8) is 0 Å². The van der Waals surface area contributed by atoms with Gasteiger partial charge in [0, 0.05) is 25.7 Å². The van der Waals surface area contributed by atoms with E-state index in [9.17, 15) is 43.2 Å². The minimum absolute atomic E-state index is 0.107. The van der Waals surface area contributed by atoms with Crippen LogP contribution < -0.4 is 0 Å². The Balaban J connectivity index is 5.25. The van der Waals surface area contributed by atoms with Crippen molar-refractivity contribution >= 4 is 39.5 Å². The first-order chi connectivity index (χ1) is 50.4. The zero-order chi connectivity index (χ0) is 76.4. The summed E-state index contributed by atoms with van der Waals surface area (Å²) in [7, 11) is -9.93. The van der Waals surface area contributed by atoms with Crippen LogP contribution in [0.3, 0.4) is 0 Å². The fourth-order valence-corrected chi connectivity index (χ4v) is 14.8. The van der Waals surface area contributed by atoms with Gasteiger partial charge in [-0.05, 0) is 37.5 Å². The number of esters is 4. The van der Waals surface area contributed by atoms with Crippen molar-refractivity contribution in [2.75, 3.05) is 39.6 Å². The summed E-state index contributed by atoms with van der Waals surface area (Å²) in [4.78, 5) is 73.2. The van der Waals surface area contributed by atoms with E-state index in [4.69, 9.17) is 37.0 Å². The van der Waals surface area contributed by atoms with E-state index in [1.165, 1.54) is 270 Å². The molecule has 0 aromatic carbocycles. The van der Waals surface area contributed by atoms with Crippen LogP contribution in [0.25, 0.3) is 0 Å². The van der Waals surface area contributed by atoms with E-state index in [1.54, 1.807) is 0 Å². The maximum atomic E-state index is 13.1. The van der Waals surface area contributed by atoms with Crippen molar-refractivity contribution in [3.05, 3.63) is 0 Å². The van der Waals surface area contributed by atoms with Crippen LogP contribution in [0.15, 0.2) is 0 Å². The molecule has 0 bridgehead atoms. The highest BCUT2D eigenvalue weighted by Crippen LogP contribution is 2.45. The zero-order valence-corrected chi connectivity index (χ0v) is 70.1. The molecule has 618 valence electrons. The lowest BCUT2D eigenvalue weighted by molar-refractivity contribution is -0.161. The third-order valence-corrected chi connectivity index (χ3v) is 21.9. The Morgan fingerprint density at radius 1 is 0.260 bits per heavy atom. The molecule has 0 radical (unpaired) electrons. The number of carbonyl (C=O) groups excluding carboxylic acids is 4. The Hall–Kier alpha value is -1.94. The van der Waals surface area contributed by atoms with Crippen LogP contribution in [-0.2, 0) is 65.4 Å². The summed E-state index contributed by atoms with van der Waals surface area (Å²) in [6.45, 7) is 9.69. The SMILES string of the molecule is CCCCCCCCCCCCCCCCCCCCCCCC(=O)O[C@H](COC(=O)CCCCCCCCCCCCCCCC(C)C)COP(=O)(O)OC[C@@H](O)COP(=O)(O)OC[C@@H](COC(=O)CCCCCCCCCCCCCCC)OC(=O)CCCCCCCCCCCCCC(C)C. The fraction of sp³-hybridized carbons (Fsp3) is 0.953. The predicted octanol–water partition coefficient (Wildman–Crippen LogP) is 25.8. The summed E-state index contributed by atoms with van der Waals surface area (Å²) in [6, 6.07) is 0. The van der Waals surface area contributed by atoms with E-state index in [0.717, 1.165) is 102 Å². The Morgan fingerprint density at radius 3 is 0.654 bits per heavy atom. The highest BCUT2D eigenvalue weighted by atomic mass is 31.2. The van der Waals surface area contributed by atoms with Gasteiger partial charge < -0.3 is 33.8 Å². The molecule has 0 amide bonds. The van der Waals surface area contributed by atoms with Gasteiger partial charge in [-0.15, -0.1) is 0 Å². The number of hydrogen-bond donors (Lipinski definition) is 3. The summed E-state index contributed by atoms with van der Waals surface area (Å²) >= 11 is 0. The first-order valence-corrected chi connectivity index (χ1v) is 47.0. The molecule has 0 saturated carbocycles. The Bertz CT molecular complexity index is 1990. The van der Waals surface area contributed by atoms with Gasteiger partial charge in [0.15, 0.2) is 12.2 Å². The zero-order valence-electron chi connectivity index (χ0n) is 68.3. The fourth-order valence-electron chi connectivity index (χ4n) is 13.2. The summed E-state index contributed by atoms with van der Waals surface area (Å²) in [6.07, 6.45) is 68.0. The van der Waals surface area contributed by atoms with Crippen LogP contribution in [0.1, 0.15) is 452 Å². The van der Waals surface area contributed by atoms with E-state index >= 15 is 0 Å². The molecule has 104 heavy (non-hydrogen) atoms. The van der Waals surface area contributed by atoms with Crippen molar-refractivity contribution < 1.29 is 80.2 Å². The summed E-state index contributed by atoms with van der Waals surface area (Å²) < 4.78 is 68.9. The minimum atomic E-state index is -4.97. The molecular weight excluding hydrogens is 1350 g/mol. The average molecular weight is 1520 g/mol. The first kappa shape index (κ1) is 102. The van der Waals surface area contributed by atoms with Crippen LogP contribution in [0.4, 0.5) is 0 Å². The highest BCUT2D eigenvalue weighted by molar-refractivity contribution is 7.47. The van der Waals surface area contributed by atoms with Crippen molar-refractivity contribution in [3.8, 4) is 0 Å². The van der Waals surface area contributed by atoms with E-state index in [2.05, 4.69) is 41.5 Å². The number of phosphoric acid groups is 2. The highest BCUT2D eigenvalue weighted by Gasteiger charge is 2.30. The Kier molecular flexibility index (Phi) is 75.0. The van der Waals surface area contributed by atoms with E-state index in [1.807, 2.05) is 0 Å². The molecule has 0 fully saturated rings. The molecule has 0 spiro atoms. The topological polar surface area (TPSA) is 237 Å². The number of carbonyl (C=O) groups is 4. The van der Waals surface area contributed by atoms with Crippen LogP contribution in [0, 0.1) is 11.8 Å². The molecule has 0 aromatic rings. The molecule has 0 aliphatic heterocycles. The molecule has 2 unspecified atom stereocenters. The van der Waals surface area contributed by atoms with Gasteiger partial charge in [0.2, 0.25) is 0 Å². The van der Waals surface area contributed by atoms with Gasteiger partial charge in [-0.1, -0.05) is 401 Å². The van der Waals surface area contributed by atoms with E-state index in [0.29, 0.717) is 25.7 Å². The van der Waals surface area contributed by atoms with E-state index < -0.39 is 97.5 Å². The van der Waals surface area contributed by atoms with Crippen molar-refractivity contribution in [2.24, 2.45) is 11.8 Å². The van der Waals surface area contributed by atoms with Crippen LogP contribution >= 0.6 is 15.6 Å². The molecule has 3 N–H and O–H groups in total. The molecule has 19 heteroatoms. The van der Waals surface area contributed by atoms with Crippen LogP contribution in [0.2, 0.25) is 0 Å². The molecule has 0 aliphatic rings. The first-order valence-electron chi connectivity index (χ1n) is 44.0. The van der Waals surface area contributed by atoms with Crippen molar-refractivity contribution in [2.45, 2.75) is 471 Å². The van der Waals surface area contributed by atoms with Gasteiger partial charge in [0.25, 0.3) is 0 Å². The van der Waals surface area contributed by atoms with Crippen molar-refractivity contribution in [1.82, 2.24) is 0 Å². The second kappa shape index (κ2) is 76.4. The van der Waals surface area contributed by atoms with Gasteiger partial charge in [0.05, 0.1) is 26.4 Å². The summed E-state index contributed by atoms with van der Waals surface area (Å²) in [5.74, 6) is -0.546. The predicted molar refractivity (Wildman–Crippen MR) is 428 cm³/mol. The largest absolute Gasteiger partial charge is 0.472 e. The average Bonchev–Trinajstić information content (AvgIpc) is 0.905. The van der Waals surface area contributed by atoms with Crippen LogP contribution in [0.5, 0.6) is 0 Å². The molecule has 0 heterocycles. The minimum Gasteiger partial charge on any atom is -0.462 e. The van der Waals surface area contributed by atoms with Gasteiger partial charge >= 0.3 is 39.5 Å². The summed E-state index contributed by atoms with van der Waals surface area (Å²) in [5.41, 5.74) is 0. The normalized spacial score (nSPS) is 13.8. The maximum Gasteiger partial charge on any atom is 0.472 e. The Morgan fingerprint density at radius 2 is 0.442 bits per heavy atom. The lowest BCUT2D eigenvalue weighted by atomic mass is 10.0. The van der Waals surface area contributed by atoms with E-state index in [-0.39, 0.29) is 25.7 Å². The number of unbranched alkanes of at least 4 members (excludes halogenated alkanes) is 54. The molecule has 0 aliphatic carbocycles. The second-order valence-electron chi connectivity index (χ2n) is 31.5. The number of hydrogen-bond acceptors (Lipinski definition) is 15. The summed E-state index contributed by atoms with van der Waals surface area (Å²) in [5, 5.41) is 10.7. The molecule has 0 aromatic heterocycles. The lowest BCUT2D eigenvalue weighted by Gasteiger charge is -2.21. The smallest absolute Gasteiger partial charge is 0.462 e. The monoisotopic (exact) mass is 1520 g/mol. The maximum absolute atomic E-state index is 13.1. The van der Waals surface area contributed by atoms with Gasteiger partial charge in [-0.2, -0.15) is 0 Å². The number of phosphoric ester groups is 2. The molecular formula is C85H166O17P2. The molecule has 17 nitrogen and oxygen atoms in total. The van der Waals surface area contributed by atoms with Crippen molar-refractivity contribution in [1.29, 1.82) is 0 Å². The quantitative estimate of drug-likeness (QED) is 0.0222. The van der Waals surface area contributed by atoms with Gasteiger partial charge in [-0.25, -0.2) is 9.13 Å². The number of ether oxygens (including phenoxy) is 4. The second-order valence-corrected chi connectivity index (χ2v) is 34.4. The Labute approximate surface area is 638 Å². The van der Waals surface area contributed by atoms with Crippen LogP contribution in [-0.4, -0.2) is 96.7 Å². The third-order valence-electron chi connectivity index (χ3n) is 20.0. The van der Waals surface area contributed by atoms with Gasteiger partial charge in [-0.3, -0.25) is 37.3 Å². The van der Waals surface area contributed by atoms with Gasteiger partial charge in [0.1, 0.15) is 19.3 Å². The number of rotatable bonds is 84. The third kappa shape index (κ3) is 78.2. The lowest BCUT2D eigenvalue weighted by Crippen LogP contribution is -2.30. The number of aliphatic hydroxyl groups is 1. The molecule has 0 rings (SSSR count).